The average molecular weight is 722 g/mol. The number of carboxylic acids is 1. The number of carboxylic acid groups (broad SMARTS) is 1. The zero-order valence-electron chi connectivity index (χ0n) is 34.5. The minimum absolute atomic E-state index is 0.150. The van der Waals surface area contributed by atoms with Crippen molar-refractivity contribution in [1.29, 1.82) is 0 Å². The van der Waals surface area contributed by atoms with Crippen molar-refractivity contribution in [3.8, 4) is 0 Å². The second kappa shape index (κ2) is 39.1. The number of carbonyl (C=O) groups excluding carboxylic acids is 3. The van der Waals surface area contributed by atoms with Crippen LogP contribution in [0, 0.1) is 0 Å². The van der Waals surface area contributed by atoms with Gasteiger partial charge in [0.15, 0.2) is 6.10 Å². The Morgan fingerprint density at radius 2 is 0.843 bits per heavy atom. The molecule has 0 saturated carbocycles. The van der Waals surface area contributed by atoms with Gasteiger partial charge in [-0.25, -0.2) is 0 Å². The van der Waals surface area contributed by atoms with Gasteiger partial charge in [-0.3, -0.25) is 9.59 Å². The molecule has 0 spiro atoms. The molecule has 0 rings (SSSR count). The maximum atomic E-state index is 12.6. The molecule has 0 aliphatic heterocycles. The van der Waals surface area contributed by atoms with Gasteiger partial charge < -0.3 is 23.9 Å². The number of hydrogen-bond donors (Lipinski definition) is 0. The largest absolute Gasteiger partial charge is 0.550 e. The molecule has 0 radical (unpaired) electrons. The van der Waals surface area contributed by atoms with Gasteiger partial charge in [0, 0.05) is 18.8 Å². The van der Waals surface area contributed by atoms with E-state index in [1.165, 1.54) is 128 Å². The first-order chi connectivity index (χ1) is 24.5. The van der Waals surface area contributed by atoms with Crippen LogP contribution in [0.3, 0.4) is 0 Å². The van der Waals surface area contributed by atoms with Crippen molar-refractivity contribution < 1.29 is 33.4 Å². The maximum Gasteiger partial charge on any atom is 0.306 e. The van der Waals surface area contributed by atoms with Crippen LogP contribution in [0.25, 0.3) is 0 Å². The summed E-state index contributed by atoms with van der Waals surface area (Å²) in [5, 5.41) is 8.89. The van der Waals surface area contributed by atoms with Gasteiger partial charge in [-0.1, -0.05) is 141 Å². The van der Waals surface area contributed by atoms with Crippen LogP contribution in [0.15, 0.2) is 24.3 Å². The summed E-state index contributed by atoms with van der Waals surface area (Å²) in [5.41, 5.74) is 0. The molecule has 0 aromatic heterocycles. The van der Waals surface area contributed by atoms with Crippen molar-refractivity contribution in [2.24, 2.45) is 0 Å². The number of rotatable bonds is 35. The number of ether oxygens (including phenoxy) is 2. The van der Waals surface area contributed by atoms with Gasteiger partial charge in [-0.2, -0.15) is 0 Å². The second-order valence-electron chi connectivity index (χ2n) is 15.4. The summed E-state index contributed by atoms with van der Waals surface area (Å²) in [6.45, 7) is 6.28. The summed E-state index contributed by atoms with van der Waals surface area (Å²) in [7, 11) is 6.20. The lowest BCUT2D eigenvalue weighted by atomic mass is 10.1. The van der Waals surface area contributed by atoms with Crippen molar-refractivity contribution in [1.82, 2.24) is 0 Å². The standard InChI is InChI=1S/C42H80NO4.C2H4O2/c1-6-8-10-12-14-16-18-20-22-24-26-28-30-32-34-36-41(44)46-39-40(38-43(3,4)5)47-42(45)37-35-33-31-29-27-25-23-21-19-17-15-13-11-9-7-2;1-2(3)4/h20-23,40H,6-19,24-39H2,1-5H3;1H3,(H,3,4)/q+1;/p-1/b22-20-,23-21-;. The van der Waals surface area contributed by atoms with E-state index >= 15 is 0 Å². The van der Waals surface area contributed by atoms with E-state index < -0.39 is 12.1 Å². The first kappa shape index (κ1) is 51.0. The summed E-state index contributed by atoms with van der Waals surface area (Å²) >= 11 is 0. The first-order valence-electron chi connectivity index (χ1n) is 21.1. The lowest BCUT2D eigenvalue weighted by Gasteiger charge is -2.28. The molecule has 1 unspecified atom stereocenters. The van der Waals surface area contributed by atoms with Crippen LogP contribution in [0.5, 0.6) is 0 Å². The van der Waals surface area contributed by atoms with Gasteiger partial charge in [0.25, 0.3) is 0 Å². The predicted molar refractivity (Wildman–Crippen MR) is 213 cm³/mol. The molecule has 51 heavy (non-hydrogen) atoms. The quantitative estimate of drug-likeness (QED) is 0.0280. The number of aliphatic carboxylic acids is 1. The molecule has 1 atom stereocenters. The Morgan fingerprint density at radius 1 is 0.529 bits per heavy atom. The Hall–Kier alpha value is -2.15. The van der Waals surface area contributed by atoms with Gasteiger partial charge >= 0.3 is 11.9 Å². The minimum Gasteiger partial charge on any atom is -0.550 e. The number of likely N-dealkylation sites (N-methyl/N-ethyl adjacent to an activating group) is 1. The molecule has 0 bridgehead atoms. The highest BCUT2D eigenvalue weighted by atomic mass is 16.6. The fourth-order valence-corrected chi connectivity index (χ4v) is 5.92. The molecule has 0 aromatic rings. The van der Waals surface area contributed by atoms with Crippen molar-refractivity contribution in [2.75, 3.05) is 34.3 Å². The molecule has 0 amide bonds. The highest BCUT2D eigenvalue weighted by molar-refractivity contribution is 5.70. The van der Waals surface area contributed by atoms with E-state index in [-0.39, 0.29) is 18.5 Å². The Morgan fingerprint density at radius 3 is 1.20 bits per heavy atom. The smallest absolute Gasteiger partial charge is 0.306 e. The molecular formula is C44H83NO6. The number of hydrogen-bond acceptors (Lipinski definition) is 6. The highest BCUT2D eigenvalue weighted by Crippen LogP contribution is 2.13. The van der Waals surface area contributed by atoms with Crippen LogP contribution < -0.4 is 5.11 Å². The molecule has 0 aliphatic carbocycles. The summed E-state index contributed by atoms with van der Waals surface area (Å²) in [4.78, 5) is 33.8. The van der Waals surface area contributed by atoms with Gasteiger partial charge in [0.1, 0.15) is 13.2 Å². The third kappa shape index (κ3) is 47.8. The molecule has 0 aliphatic rings. The summed E-state index contributed by atoms with van der Waals surface area (Å²) < 4.78 is 12.0. The topological polar surface area (TPSA) is 92.7 Å². The summed E-state index contributed by atoms with van der Waals surface area (Å²) in [5.74, 6) is -1.43. The first-order valence-corrected chi connectivity index (χ1v) is 21.1. The number of quaternary nitrogens is 1. The molecule has 300 valence electrons. The lowest BCUT2D eigenvalue weighted by Crippen LogP contribution is -2.45. The Bertz CT molecular complexity index is 843. The lowest BCUT2D eigenvalue weighted by molar-refractivity contribution is -0.873. The molecule has 0 heterocycles. The molecule has 0 saturated heterocycles. The summed E-state index contributed by atoms with van der Waals surface area (Å²) in [6.07, 6.45) is 42.1. The molecule has 0 N–H and O–H groups in total. The van der Waals surface area contributed by atoms with Crippen LogP contribution in [0.4, 0.5) is 0 Å². The number of esters is 2. The third-order valence-corrected chi connectivity index (χ3v) is 8.77. The fourth-order valence-electron chi connectivity index (χ4n) is 5.92. The number of carbonyl (C=O) groups is 3. The number of nitrogens with zero attached hydrogens (tertiary/aromatic N) is 1. The van der Waals surface area contributed by atoms with Crippen LogP contribution in [-0.4, -0.2) is 62.8 Å². The van der Waals surface area contributed by atoms with Crippen LogP contribution in [-0.2, 0) is 23.9 Å². The third-order valence-electron chi connectivity index (χ3n) is 8.77. The minimum atomic E-state index is -1.08. The van der Waals surface area contributed by atoms with Crippen molar-refractivity contribution >= 4 is 17.9 Å². The zero-order valence-corrected chi connectivity index (χ0v) is 34.5. The Labute approximate surface area is 316 Å². The Balaban J connectivity index is 0. The van der Waals surface area contributed by atoms with E-state index in [2.05, 4.69) is 59.3 Å². The molecular weight excluding hydrogens is 638 g/mol. The highest BCUT2D eigenvalue weighted by Gasteiger charge is 2.23. The van der Waals surface area contributed by atoms with Gasteiger partial charge in [-0.15, -0.1) is 0 Å². The molecule has 7 heteroatoms. The van der Waals surface area contributed by atoms with E-state index in [0.29, 0.717) is 23.9 Å². The maximum absolute atomic E-state index is 12.6. The van der Waals surface area contributed by atoms with E-state index in [4.69, 9.17) is 19.4 Å². The van der Waals surface area contributed by atoms with E-state index in [1.54, 1.807) is 0 Å². The van der Waals surface area contributed by atoms with Gasteiger partial charge in [0.05, 0.1) is 21.1 Å². The van der Waals surface area contributed by atoms with Crippen LogP contribution >= 0.6 is 0 Å². The normalized spacial score (nSPS) is 12.2. The monoisotopic (exact) mass is 722 g/mol. The number of allylic oxidation sites excluding steroid dienone is 4. The van der Waals surface area contributed by atoms with E-state index in [9.17, 15) is 9.59 Å². The summed E-state index contributed by atoms with van der Waals surface area (Å²) in [6, 6.07) is 0. The zero-order chi connectivity index (χ0) is 38.3. The van der Waals surface area contributed by atoms with Crippen LogP contribution in [0.1, 0.15) is 201 Å². The Kier molecular flexibility index (Phi) is 39.0. The van der Waals surface area contributed by atoms with Crippen molar-refractivity contribution in [2.45, 2.75) is 207 Å². The SMILES string of the molecule is CC(=O)[O-].CCCCCCCC/C=C\CCCCCCCC(=O)OCC(C[N+](C)(C)C)OC(=O)CCCCCCC/C=C\CCCCCCCC. The van der Waals surface area contributed by atoms with E-state index in [1.807, 2.05) is 0 Å². The second-order valence-corrected chi connectivity index (χ2v) is 15.4. The molecule has 0 fully saturated rings. The fraction of sp³-hybridized carbons (Fsp3) is 0.841. The van der Waals surface area contributed by atoms with E-state index in [0.717, 1.165) is 45.4 Å². The molecule has 0 aromatic carbocycles. The average Bonchev–Trinajstić information content (AvgIpc) is 3.06. The predicted octanol–water partition coefficient (Wildman–Crippen LogP) is 11.0. The van der Waals surface area contributed by atoms with Gasteiger partial charge in [-0.05, 0) is 71.1 Å². The van der Waals surface area contributed by atoms with Gasteiger partial charge in [0.2, 0.25) is 0 Å². The van der Waals surface area contributed by atoms with Crippen molar-refractivity contribution in [3.63, 3.8) is 0 Å². The number of unbranched alkanes of at least 4 members (excludes halogenated alkanes) is 22. The molecule has 7 nitrogen and oxygen atoms in total. The van der Waals surface area contributed by atoms with Crippen molar-refractivity contribution in [3.05, 3.63) is 24.3 Å². The van der Waals surface area contributed by atoms with Crippen LogP contribution in [0.2, 0.25) is 0 Å².